The van der Waals surface area contributed by atoms with Gasteiger partial charge in [0.25, 0.3) is 0 Å². The number of nitrogens with zero attached hydrogens (tertiary/aromatic N) is 2. The number of aromatic nitrogens is 2. The molecule has 0 radical (unpaired) electrons. The zero-order valence-electron chi connectivity index (χ0n) is 13.7. The van der Waals surface area contributed by atoms with Crippen molar-refractivity contribution >= 4 is 5.78 Å². The first kappa shape index (κ1) is 15.2. The van der Waals surface area contributed by atoms with Gasteiger partial charge in [-0.25, -0.2) is 4.98 Å². The van der Waals surface area contributed by atoms with Gasteiger partial charge in [-0.2, -0.15) is 0 Å². The second kappa shape index (κ2) is 6.21. The fourth-order valence-electron chi connectivity index (χ4n) is 2.68. The van der Waals surface area contributed by atoms with Crippen LogP contribution in [0.5, 0.6) is 0 Å². The summed E-state index contributed by atoms with van der Waals surface area (Å²) < 4.78 is 1.99. The van der Waals surface area contributed by atoms with Crippen LogP contribution in [0.25, 0.3) is 5.69 Å². The van der Waals surface area contributed by atoms with E-state index in [4.69, 9.17) is 0 Å². The van der Waals surface area contributed by atoms with Crippen molar-refractivity contribution in [3.63, 3.8) is 0 Å². The molecule has 116 valence electrons. The number of benzene rings is 2. The highest BCUT2D eigenvalue weighted by Gasteiger charge is 2.09. The lowest BCUT2D eigenvalue weighted by Gasteiger charge is -2.08. The molecule has 0 saturated carbocycles. The van der Waals surface area contributed by atoms with Crippen molar-refractivity contribution in [1.29, 1.82) is 0 Å². The Morgan fingerprint density at radius 1 is 1.00 bits per heavy atom. The molecule has 3 aromatic rings. The molecule has 1 heterocycles. The Bertz CT molecular complexity index is 844. The summed E-state index contributed by atoms with van der Waals surface area (Å²) in [5.74, 6) is 0.142. The van der Waals surface area contributed by atoms with E-state index in [1.807, 2.05) is 55.8 Å². The Morgan fingerprint density at radius 3 is 2.39 bits per heavy atom. The number of carbonyl (C=O) groups excluding carboxylic acids is 1. The molecule has 0 aliphatic carbocycles. The molecule has 3 nitrogen and oxygen atoms in total. The van der Waals surface area contributed by atoms with Crippen LogP contribution in [0.15, 0.2) is 55.0 Å². The van der Waals surface area contributed by atoms with Gasteiger partial charge in [0, 0.05) is 23.9 Å². The lowest BCUT2D eigenvalue weighted by Crippen LogP contribution is -2.04. The number of carbonyl (C=O) groups is 1. The van der Waals surface area contributed by atoms with Gasteiger partial charge >= 0.3 is 0 Å². The summed E-state index contributed by atoms with van der Waals surface area (Å²) >= 11 is 0. The minimum Gasteiger partial charge on any atom is -0.306 e. The molecule has 0 atom stereocenters. The minimum absolute atomic E-state index is 0.142. The van der Waals surface area contributed by atoms with Gasteiger partial charge in [0.2, 0.25) is 0 Å². The molecule has 0 N–H and O–H groups in total. The molecular formula is C20H20N2O. The lowest BCUT2D eigenvalue weighted by atomic mass is 10.0. The predicted octanol–water partition coefficient (Wildman–Crippen LogP) is 4.22. The highest BCUT2D eigenvalue weighted by molar-refractivity contribution is 5.97. The van der Waals surface area contributed by atoms with E-state index < -0.39 is 0 Å². The number of hydrogen-bond acceptors (Lipinski definition) is 2. The van der Waals surface area contributed by atoms with E-state index in [1.165, 1.54) is 0 Å². The molecule has 0 amide bonds. The fourth-order valence-corrected chi connectivity index (χ4v) is 2.68. The first-order chi connectivity index (χ1) is 11.0. The summed E-state index contributed by atoms with van der Waals surface area (Å²) in [6, 6.07) is 14.0. The van der Waals surface area contributed by atoms with Crippen LogP contribution in [0.1, 0.15) is 32.7 Å². The summed E-state index contributed by atoms with van der Waals surface area (Å²) in [6.07, 6.45) is 4.20. The highest BCUT2D eigenvalue weighted by Crippen LogP contribution is 2.17. The minimum atomic E-state index is 0.142. The summed E-state index contributed by atoms with van der Waals surface area (Å²) in [6.45, 7) is 6.04. The molecule has 0 unspecified atom stereocenters. The molecule has 0 fully saturated rings. The quantitative estimate of drug-likeness (QED) is 0.676. The van der Waals surface area contributed by atoms with Crippen LogP contribution in [0, 0.1) is 20.8 Å². The highest BCUT2D eigenvalue weighted by atomic mass is 16.1. The molecular weight excluding hydrogens is 284 g/mol. The van der Waals surface area contributed by atoms with Gasteiger partial charge in [-0.1, -0.05) is 35.9 Å². The maximum Gasteiger partial charge on any atom is 0.167 e. The van der Waals surface area contributed by atoms with Gasteiger partial charge in [0.15, 0.2) is 5.78 Å². The van der Waals surface area contributed by atoms with Crippen LogP contribution in [0.2, 0.25) is 0 Å². The number of hydrogen-bond donors (Lipinski definition) is 0. The molecule has 1 aromatic heterocycles. The summed E-state index contributed by atoms with van der Waals surface area (Å²) in [5, 5.41) is 0. The van der Waals surface area contributed by atoms with Crippen molar-refractivity contribution in [2.24, 2.45) is 0 Å². The summed E-state index contributed by atoms with van der Waals surface area (Å²) in [7, 11) is 0. The molecule has 0 bridgehead atoms. The van der Waals surface area contributed by atoms with Crippen LogP contribution in [0.4, 0.5) is 0 Å². The third kappa shape index (κ3) is 3.57. The first-order valence-electron chi connectivity index (χ1n) is 7.73. The molecule has 0 spiro atoms. The molecule has 23 heavy (non-hydrogen) atoms. The van der Waals surface area contributed by atoms with Crippen molar-refractivity contribution in [3.05, 3.63) is 82.9 Å². The SMILES string of the molecule is Cc1ccc(C(=O)Cc2cc(C)cc(-n3cnc(C)c3)c2)cc1. The van der Waals surface area contributed by atoms with Crippen LogP contribution in [-0.2, 0) is 6.42 Å². The van der Waals surface area contributed by atoms with Crippen molar-refractivity contribution < 1.29 is 4.79 Å². The topological polar surface area (TPSA) is 34.9 Å². The van der Waals surface area contributed by atoms with Crippen molar-refractivity contribution in [1.82, 2.24) is 9.55 Å². The average molecular weight is 304 g/mol. The standard InChI is InChI=1S/C20H20N2O/c1-14-4-6-18(7-5-14)20(23)11-17-8-15(2)9-19(10-17)22-12-16(3)21-13-22/h4-10,12-13H,11H2,1-3H3. The van der Waals surface area contributed by atoms with Gasteiger partial charge in [0.1, 0.15) is 0 Å². The number of ketones is 1. The van der Waals surface area contributed by atoms with Crippen LogP contribution < -0.4 is 0 Å². The maximum atomic E-state index is 12.5. The number of aryl methyl sites for hydroxylation is 3. The Morgan fingerprint density at radius 2 is 1.74 bits per heavy atom. The fraction of sp³-hybridized carbons (Fsp3) is 0.200. The van der Waals surface area contributed by atoms with E-state index >= 15 is 0 Å². The Labute approximate surface area is 136 Å². The van der Waals surface area contributed by atoms with Gasteiger partial charge in [0.05, 0.1) is 12.0 Å². The number of imidazole rings is 1. The second-order valence-electron chi connectivity index (χ2n) is 6.07. The predicted molar refractivity (Wildman–Crippen MR) is 92.3 cm³/mol. The summed E-state index contributed by atoms with van der Waals surface area (Å²) in [5.41, 5.74) is 6.10. The smallest absolute Gasteiger partial charge is 0.167 e. The normalized spacial score (nSPS) is 10.7. The third-order valence-corrected chi connectivity index (χ3v) is 3.87. The third-order valence-electron chi connectivity index (χ3n) is 3.87. The Hall–Kier alpha value is -2.68. The van der Waals surface area contributed by atoms with E-state index in [0.29, 0.717) is 6.42 Å². The van der Waals surface area contributed by atoms with Crippen molar-refractivity contribution in [2.45, 2.75) is 27.2 Å². The van der Waals surface area contributed by atoms with E-state index in [9.17, 15) is 4.79 Å². The van der Waals surface area contributed by atoms with Crippen LogP contribution >= 0.6 is 0 Å². The first-order valence-corrected chi connectivity index (χ1v) is 7.73. The van der Waals surface area contributed by atoms with E-state index in [0.717, 1.165) is 33.6 Å². The van der Waals surface area contributed by atoms with Gasteiger partial charge in [-0.15, -0.1) is 0 Å². The largest absolute Gasteiger partial charge is 0.306 e. The molecule has 3 rings (SSSR count). The zero-order chi connectivity index (χ0) is 16.4. The molecule has 0 aliphatic rings. The molecule has 3 heteroatoms. The van der Waals surface area contributed by atoms with Gasteiger partial charge < -0.3 is 4.57 Å². The van der Waals surface area contributed by atoms with Crippen molar-refractivity contribution in [2.75, 3.05) is 0 Å². The number of Topliss-reactive ketones (excluding diaryl/α,β-unsaturated/α-hetero) is 1. The Balaban J connectivity index is 1.87. The summed E-state index contributed by atoms with van der Waals surface area (Å²) in [4.78, 5) is 16.7. The molecule has 2 aromatic carbocycles. The van der Waals surface area contributed by atoms with E-state index in [1.54, 1.807) is 6.33 Å². The molecule has 0 aliphatic heterocycles. The Kier molecular flexibility index (Phi) is 4.11. The maximum absolute atomic E-state index is 12.5. The number of rotatable bonds is 4. The zero-order valence-corrected chi connectivity index (χ0v) is 13.7. The van der Waals surface area contributed by atoms with Gasteiger partial charge in [-0.3, -0.25) is 4.79 Å². The van der Waals surface area contributed by atoms with E-state index in [-0.39, 0.29) is 5.78 Å². The van der Waals surface area contributed by atoms with Crippen LogP contribution in [0.3, 0.4) is 0 Å². The monoisotopic (exact) mass is 304 g/mol. The van der Waals surface area contributed by atoms with Gasteiger partial charge in [-0.05, 0) is 44.0 Å². The van der Waals surface area contributed by atoms with Crippen LogP contribution in [-0.4, -0.2) is 15.3 Å². The second-order valence-corrected chi connectivity index (χ2v) is 6.07. The lowest BCUT2D eigenvalue weighted by molar-refractivity contribution is 0.0993. The molecule has 0 saturated heterocycles. The van der Waals surface area contributed by atoms with Crippen molar-refractivity contribution in [3.8, 4) is 5.69 Å². The average Bonchev–Trinajstić information content (AvgIpc) is 2.94. The van der Waals surface area contributed by atoms with E-state index in [2.05, 4.69) is 23.2 Å².